The van der Waals surface area contributed by atoms with Gasteiger partial charge in [0.05, 0.1) is 12.2 Å². The van der Waals surface area contributed by atoms with Gasteiger partial charge in [0.25, 0.3) is 0 Å². The first-order valence-corrected chi connectivity index (χ1v) is 7.51. The molecular weight excluding hydrogens is 291 g/mol. The number of halogens is 1. The SMILES string of the molecule is O=C(O)c1ccc(OCC2CSc3ccccc32)cc1F. The van der Waals surface area contributed by atoms with E-state index in [1.165, 1.54) is 22.6 Å². The van der Waals surface area contributed by atoms with Gasteiger partial charge < -0.3 is 9.84 Å². The molecule has 0 saturated carbocycles. The maximum Gasteiger partial charge on any atom is 0.338 e. The van der Waals surface area contributed by atoms with E-state index in [1.807, 2.05) is 12.1 Å². The Morgan fingerprint density at radius 3 is 2.90 bits per heavy atom. The van der Waals surface area contributed by atoms with E-state index in [2.05, 4.69) is 12.1 Å². The molecule has 2 aromatic carbocycles. The fourth-order valence-electron chi connectivity index (χ4n) is 2.32. The molecule has 3 rings (SSSR count). The van der Waals surface area contributed by atoms with Gasteiger partial charge in [0.2, 0.25) is 0 Å². The predicted octanol–water partition coefficient (Wildman–Crippen LogP) is 3.79. The summed E-state index contributed by atoms with van der Waals surface area (Å²) in [6.07, 6.45) is 0. The van der Waals surface area contributed by atoms with Crippen LogP contribution in [0.1, 0.15) is 21.8 Å². The lowest BCUT2D eigenvalue weighted by atomic mass is 10.0. The standard InChI is InChI=1S/C16H13FO3S/c17-14-7-11(5-6-13(14)16(18)19)20-8-10-9-21-15-4-2-1-3-12(10)15/h1-7,10H,8-9H2,(H,18,19). The number of thioether (sulfide) groups is 1. The van der Waals surface area contributed by atoms with Gasteiger partial charge in [-0.3, -0.25) is 0 Å². The summed E-state index contributed by atoms with van der Waals surface area (Å²) in [7, 11) is 0. The van der Waals surface area contributed by atoms with Crippen molar-refractivity contribution in [2.24, 2.45) is 0 Å². The van der Waals surface area contributed by atoms with Crippen LogP contribution in [0.2, 0.25) is 0 Å². The Bertz CT molecular complexity index is 687. The maximum absolute atomic E-state index is 13.6. The van der Waals surface area contributed by atoms with Gasteiger partial charge in [-0.25, -0.2) is 9.18 Å². The number of fused-ring (bicyclic) bond motifs is 1. The summed E-state index contributed by atoms with van der Waals surface area (Å²) in [5.41, 5.74) is 0.911. The minimum atomic E-state index is -1.28. The summed E-state index contributed by atoms with van der Waals surface area (Å²) < 4.78 is 19.2. The van der Waals surface area contributed by atoms with Gasteiger partial charge in [-0.1, -0.05) is 18.2 Å². The second kappa shape index (κ2) is 5.77. The second-order valence-corrected chi connectivity index (χ2v) is 5.87. The molecule has 0 saturated heterocycles. The Morgan fingerprint density at radius 2 is 2.14 bits per heavy atom. The van der Waals surface area contributed by atoms with Gasteiger partial charge >= 0.3 is 5.97 Å². The van der Waals surface area contributed by atoms with Crippen molar-refractivity contribution in [3.8, 4) is 5.75 Å². The molecule has 0 aromatic heterocycles. The first-order chi connectivity index (χ1) is 10.1. The predicted molar refractivity (Wildman–Crippen MR) is 78.8 cm³/mol. The summed E-state index contributed by atoms with van der Waals surface area (Å²) in [5, 5.41) is 8.78. The molecule has 2 aromatic rings. The van der Waals surface area contributed by atoms with Crippen LogP contribution in [-0.2, 0) is 0 Å². The van der Waals surface area contributed by atoms with Crippen LogP contribution in [-0.4, -0.2) is 23.4 Å². The first-order valence-electron chi connectivity index (χ1n) is 6.52. The monoisotopic (exact) mass is 304 g/mol. The van der Waals surface area contributed by atoms with E-state index < -0.39 is 11.8 Å². The van der Waals surface area contributed by atoms with E-state index in [0.717, 1.165) is 11.8 Å². The molecule has 1 heterocycles. The highest BCUT2D eigenvalue weighted by molar-refractivity contribution is 7.99. The minimum absolute atomic E-state index is 0.272. The number of benzene rings is 2. The third-order valence-electron chi connectivity index (χ3n) is 3.42. The Balaban J connectivity index is 1.69. The molecule has 108 valence electrons. The highest BCUT2D eigenvalue weighted by Crippen LogP contribution is 2.39. The number of rotatable bonds is 4. The van der Waals surface area contributed by atoms with E-state index >= 15 is 0 Å². The van der Waals surface area contributed by atoms with Crippen LogP contribution in [0.5, 0.6) is 5.75 Å². The van der Waals surface area contributed by atoms with Crippen molar-refractivity contribution >= 4 is 17.7 Å². The fraction of sp³-hybridized carbons (Fsp3) is 0.188. The summed E-state index contributed by atoms with van der Waals surface area (Å²) >= 11 is 1.79. The number of hydrogen-bond acceptors (Lipinski definition) is 3. The van der Waals surface area contributed by atoms with Gasteiger partial charge in [0, 0.05) is 22.6 Å². The molecule has 0 aliphatic carbocycles. The smallest absolute Gasteiger partial charge is 0.338 e. The lowest BCUT2D eigenvalue weighted by Crippen LogP contribution is -2.10. The van der Waals surface area contributed by atoms with Crippen molar-refractivity contribution < 1.29 is 19.0 Å². The quantitative estimate of drug-likeness (QED) is 0.933. The molecule has 1 aliphatic heterocycles. The number of hydrogen-bond donors (Lipinski definition) is 1. The molecule has 0 radical (unpaired) electrons. The van der Waals surface area contributed by atoms with Gasteiger partial charge in [-0.2, -0.15) is 0 Å². The second-order valence-electron chi connectivity index (χ2n) is 4.80. The molecule has 5 heteroatoms. The van der Waals surface area contributed by atoms with Crippen molar-refractivity contribution in [3.05, 3.63) is 59.4 Å². The Kier molecular flexibility index (Phi) is 3.84. The largest absolute Gasteiger partial charge is 0.493 e. The molecule has 0 spiro atoms. The summed E-state index contributed by atoms with van der Waals surface area (Å²) in [4.78, 5) is 12.0. The van der Waals surface area contributed by atoms with Crippen LogP contribution in [0.25, 0.3) is 0 Å². The van der Waals surface area contributed by atoms with Gasteiger partial charge in [-0.05, 0) is 23.8 Å². The van der Waals surface area contributed by atoms with Crippen molar-refractivity contribution in [2.45, 2.75) is 10.8 Å². The van der Waals surface area contributed by atoms with Crippen molar-refractivity contribution in [2.75, 3.05) is 12.4 Å². The molecule has 1 aliphatic rings. The summed E-state index contributed by atoms with van der Waals surface area (Å²) in [5.74, 6) is -0.489. The van der Waals surface area contributed by atoms with Crippen molar-refractivity contribution in [1.29, 1.82) is 0 Å². The Morgan fingerprint density at radius 1 is 1.33 bits per heavy atom. The van der Waals surface area contributed by atoms with E-state index in [1.54, 1.807) is 11.8 Å². The van der Waals surface area contributed by atoms with E-state index in [9.17, 15) is 9.18 Å². The van der Waals surface area contributed by atoms with Gasteiger partial charge in [0.1, 0.15) is 11.6 Å². The molecular formula is C16H13FO3S. The van der Waals surface area contributed by atoms with Crippen LogP contribution < -0.4 is 4.74 Å². The summed E-state index contributed by atoms with van der Waals surface area (Å²) in [6, 6.07) is 12.0. The Hall–Kier alpha value is -2.01. The molecule has 21 heavy (non-hydrogen) atoms. The van der Waals surface area contributed by atoms with Gasteiger partial charge in [-0.15, -0.1) is 11.8 Å². The van der Waals surface area contributed by atoms with Crippen molar-refractivity contribution in [1.82, 2.24) is 0 Å². The molecule has 1 N–H and O–H groups in total. The molecule has 0 amide bonds. The van der Waals surface area contributed by atoms with E-state index in [4.69, 9.17) is 9.84 Å². The number of carbonyl (C=O) groups is 1. The van der Waals surface area contributed by atoms with E-state index in [0.29, 0.717) is 12.4 Å². The molecule has 1 unspecified atom stereocenters. The maximum atomic E-state index is 13.6. The number of carboxylic acid groups (broad SMARTS) is 1. The molecule has 3 nitrogen and oxygen atoms in total. The third-order valence-corrected chi connectivity index (χ3v) is 4.67. The minimum Gasteiger partial charge on any atom is -0.493 e. The lowest BCUT2D eigenvalue weighted by Gasteiger charge is -2.13. The third kappa shape index (κ3) is 2.88. The van der Waals surface area contributed by atoms with Gasteiger partial charge in [0.15, 0.2) is 0 Å². The average Bonchev–Trinajstić information content (AvgIpc) is 2.88. The summed E-state index contributed by atoms with van der Waals surface area (Å²) in [6.45, 7) is 0.454. The lowest BCUT2D eigenvalue weighted by molar-refractivity contribution is 0.0692. The Labute approximate surface area is 125 Å². The van der Waals surface area contributed by atoms with Crippen LogP contribution in [0.4, 0.5) is 4.39 Å². The topological polar surface area (TPSA) is 46.5 Å². The number of carboxylic acids is 1. The average molecular weight is 304 g/mol. The van der Waals surface area contributed by atoms with Crippen LogP contribution in [0.15, 0.2) is 47.4 Å². The highest BCUT2D eigenvalue weighted by Gasteiger charge is 2.23. The zero-order valence-electron chi connectivity index (χ0n) is 11.1. The normalized spacial score (nSPS) is 16.5. The molecule has 0 bridgehead atoms. The molecule has 1 atom stereocenters. The number of aromatic carboxylic acids is 1. The first kappa shape index (κ1) is 13.9. The van der Waals surface area contributed by atoms with Crippen LogP contribution in [0, 0.1) is 5.82 Å². The van der Waals surface area contributed by atoms with Crippen LogP contribution in [0.3, 0.4) is 0 Å². The van der Waals surface area contributed by atoms with Crippen LogP contribution >= 0.6 is 11.8 Å². The fourth-order valence-corrected chi connectivity index (χ4v) is 3.56. The zero-order chi connectivity index (χ0) is 14.8. The van der Waals surface area contributed by atoms with Crippen molar-refractivity contribution in [3.63, 3.8) is 0 Å². The van der Waals surface area contributed by atoms with E-state index in [-0.39, 0.29) is 11.5 Å². The number of ether oxygens (including phenoxy) is 1. The highest BCUT2D eigenvalue weighted by atomic mass is 32.2. The zero-order valence-corrected chi connectivity index (χ0v) is 11.9. The molecule has 0 fully saturated rings.